The molecule has 3 atom stereocenters. The number of hydrogen-bond donors (Lipinski definition) is 0. The molecule has 0 heteroatoms. The number of rotatable bonds is 0. The van der Waals surface area contributed by atoms with E-state index in [0.29, 0.717) is 5.41 Å². The Morgan fingerprint density at radius 1 is 1.36 bits per heavy atom. The smallest absolute Gasteiger partial charge is 0.00819 e. The summed E-state index contributed by atoms with van der Waals surface area (Å²) in [6, 6.07) is 0. The third kappa shape index (κ3) is 1.36. The van der Waals surface area contributed by atoms with Gasteiger partial charge in [0, 0.05) is 0 Å². The third-order valence-electron chi connectivity index (χ3n) is 4.80. The molecule has 0 saturated heterocycles. The molecule has 0 N–H and O–H groups in total. The lowest BCUT2D eigenvalue weighted by molar-refractivity contribution is 0.125. The first-order valence-electron chi connectivity index (χ1n) is 5.93. The van der Waals surface area contributed by atoms with Crippen molar-refractivity contribution in [3.05, 3.63) is 23.8 Å². The van der Waals surface area contributed by atoms with Crippen LogP contribution >= 0.6 is 0 Å². The summed E-state index contributed by atoms with van der Waals surface area (Å²) in [6.07, 6.45) is 7.59. The Bertz CT molecular complexity index is 284. The van der Waals surface area contributed by atoms with E-state index in [1.807, 2.05) is 0 Å². The van der Waals surface area contributed by atoms with E-state index < -0.39 is 0 Å². The first-order valence-corrected chi connectivity index (χ1v) is 5.93. The predicted molar refractivity (Wildman–Crippen MR) is 62.1 cm³/mol. The van der Waals surface area contributed by atoms with Crippen LogP contribution in [-0.2, 0) is 0 Å². The largest absolute Gasteiger partial charge is 0.0958 e. The van der Waals surface area contributed by atoms with Gasteiger partial charge in [0.25, 0.3) is 0 Å². The van der Waals surface area contributed by atoms with Crippen molar-refractivity contribution in [3.63, 3.8) is 0 Å². The molecule has 1 fully saturated rings. The van der Waals surface area contributed by atoms with Crippen molar-refractivity contribution in [2.75, 3.05) is 0 Å². The minimum atomic E-state index is 0.485. The molecule has 3 unspecified atom stereocenters. The second-order valence-corrected chi connectivity index (χ2v) is 5.55. The van der Waals surface area contributed by atoms with Crippen molar-refractivity contribution < 1.29 is 0 Å². The van der Waals surface area contributed by atoms with E-state index in [-0.39, 0.29) is 0 Å². The Balaban J connectivity index is 2.34. The van der Waals surface area contributed by atoms with Crippen molar-refractivity contribution in [2.24, 2.45) is 17.3 Å². The molecule has 2 aliphatic carbocycles. The van der Waals surface area contributed by atoms with Gasteiger partial charge in [-0.05, 0) is 42.9 Å². The highest BCUT2D eigenvalue weighted by atomic mass is 14.5. The second-order valence-electron chi connectivity index (χ2n) is 5.55. The van der Waals surface area contributed by atoms with Gasteiger partial charge in [-0.2, -0.15) is 0 Å². The van der Waals surface area contributed by atoms with Crippen LogP contribution < -0.4 is 0 Å². The molecule has 0 radical (unpaired) electrons. The first-order chi connectivity index (χ1) is 6.54. The molecule has 0 heterocycles. The topological polar surface area (TPSA) is 0 Å². The molecule has 0 aromatic rings. The Morgan fingerprint density at radius 2 is 2.07 bits per heavy atom. The van der Waals surface area contributed by atoms with Crippen LogP contribution in [0.4, 0.5) is 0 Å². The van der Waals surface area contributed by atoms with Gasteiger partial charge in [0.05, 0.1) is 0 Å². The molecular weight excluding hydrogens is 168 g/mol. The molecule has 0 spiro atoms. The maximum Gasteiger partial charge on any atom is -0.00819 e. The summed E-state index contributed by atoms with van der Waals surface area (Å²) in [5.74, 6) is 1.74. The Morgan fingerprint density at radius 3 is 2.79 bits per heavy atom. The lowest BCUT2D eigenvalue weighted by Crippen LogP contribution is -2.37. The van der Waals surface area contributed by atoms with E-state index in [9.17, 15) is 0 Å². The Labute approximate surface area is 88.1 Å². The quantitative estimate of drug-likeness (QED) is 0.533. The third-order valence-corrected chi connectivity index (χ3v) is 4.80. The van der Waals surface area contributed by atoms with Gasteiger partial charge in [0.2, 0.25) is 0 Å². The lowest BCUT2D eigenvalue weighted by atomic mass is 9.57. The van der Waals surface area contributed by atoms with Crippen LogP contribution in [-0.4, -0.2) is 0 Å². The van der Waals surface area contributed by atoms with Crippen LogP contribution in [0, 0.1) is 17.3 Å². The molecule has 14 heavy (non-hydrogen) atoms. The van der Waals surface area contributed by atoms with Gasteiger partial charge in [0.15, 0.2) is 0 Å². The van der Waals surface area contributed by atoms with Crippen LogP contribution in [0.2, 0.25) is 0 Å². The summed E-state index contributed by atoms with van der Waals surface area (Å²) in [6.45, 7) is 11.4. The second kappa shape index (κ2) is 3.25. The minimum Gasteiger partial charge on any atom is -0.0958 e. The van der Waals surface area contributed by atoms with Gasteiger partial charge in [-0.25, -0.2) is 0 Å². The first kappa shape index (κ1) is 10.0. The maximum atomic E-state index is 4.10. The van der Waals surface area contributed by atoms with Crippen molar-refractivity contribution in [1.29, 1.82) is 0 Å². The zero-order valence-electron chi connectivity index (χ0n) is 9.77. The normalized spacial score (nSPS) is 43.1. The van der Waals surface area contributed by atoms with Gasteiger partial charge in [-0.3, -0.25) is 0 Å². The highest BCUT2D eigenvalue weighted by molar-refractivity contribution is 5.32. The van der Waals surface area contributed by atoms with E-state index in [2.05, 4.69) is 33.4 Å². The van der Waals surface area contributed by atoms with Crippen molar-refractivity contribution in [3.8, 4) is 0 Å². The van der Waals surface area contributed by atoms with E-state index >= 15 is 0 Å². The minimum absolute atomic E-state index is 0.485. The van der Waals surface area contributed by atoms with E-state index in [1.165, 1.54) is 31.3 Å². The fourth-order valence-corrected chi connectivity index (χ4v) is 3.20. The van der Waals surface area contributed by atoms with Crippen LogP contribution in [0.3, 0.4) is 0 Å². The zero-order chi connectivity index (χ0) is 10.3. The van der Waals surface area contributed by atoms with Crippen LogP contribution in [0.15, 0.2) is 23.8 Å². The summed E-state index contributed by atoms with van der Waals surface area (Å²) >= 11 is 0. The average molecular weight is 190 g/mol. The maximum absolute atomic E-state index is 4.10. The molecule has 2 aliphatic rings. The molecule has 0 bridgehead atoms. The molecule has 2 rings (SSSR count). The fraction of sp³-hybridized carbons (Fsp3) is 0.714. The highest BCUT2D eigenvalue weighted by Crippen LogP contribution is 2.53. The van der Waals surface area contributed by atoms with Gasteiger partial charge >= 0.3 is 0 Å². The molecule has 0 aromatic heterocycles. The van der Waals surface area contributed by atoms with Gasteiger partial charge < -0.3 is 0 Å². The summed E-state index contributed by atoms with van der Waals surface area (Å²) in [4.78, 5) is 0. The molecule has 0 nitrogen and oxygen atoms in total. The SMILES string of the molecule is C=C1C=C2CCC(C)C(C)C2(C)CC1. The molecule has 1 saturated carbocycles. The van der Waals surface area contributed by atoms with Gasteiger partial charge in [0.1, 0.15) is 0 Å². The molecule has 0 aromatic carbocycles. The van der Waals surface area contributed by atoms with Crippen molar-refractivity contribution >= 4 is 0 Å². The van der Waals surface area contributed by atoms with E-state index in [0.717, 1.165) is 11.8 Å². The van der Waals surface area contributed by atoms with Gasteiger partial charge in [-0.15, -0.1) is 0 Å². The van der Waals surface area contributed by atoms with Crippen LogP contribution in [0.1, 0.15) is 46.5 Å². The molecular formula is C14H22. The molecule has 78 valence electrons. The van der Waals surface area contributed by atoms with Crippen LogP contribution in [0.5, 0.6) is 0 Å². The number of hydrogen-bond acceptors (Lipinski definition) is 0. The highest BCUT2D eigenvalue weighted by Gasteiger charge is 2.41. The summed E-state index contributed by atoms with van der Waals surface area (Å²) < 4.78 is 0. The lowest BCUT2D eigenvalue weighted by Gasteiger charge is -2.48. The fourth-order valence-electron chi connectivity index (χ4n) is 3.20. The molecule has 0 amide bonds. The molecule has 0 aliphatic heterocycles. The summed E-state index contributed by atoms with van der Waals surface area (Å²) in [7, 11) is 0. The standard InChI is InChI=1S/C14H22/c1-10-7-8-14(4)12(3)11(2)5-6-13(14)9-10/h9,11-12H,1,5-8H2,2-4H3. The van der Waals surface area contributed by atoms with E-state index in [4.69, 9.17) is 0 Å². The number of allylic oxidation sites excluding steroid dienone is 3. The van der Waals surface area contributed by atoms with Crippen molar-refractivity contribution in [1.82, 2.24) is 0 Å². The average Bonchev–Trinajstić information content (AvgIpc) is 2.16. The predicted octanol–water partition coefficient (Wildman–Crippen LogP) is 4.34. The Kier molecular flexibility index (Phi) is 2.33. The zero-order valence-corrected chi connectivity index (χ0v) is 9.77. The van der Waals surface area contributed by atoms with Crippen LogP contribution in [0.25, 0.3) is 0 Å². The van der Waals surface area contributed by atoms with E-state index in [1.54, 1.807) is 5.57 Å². The Hall–Kier alpha value is -0.520. The number of fused-ring (bicyclic) bond motifs is 1. The van der Waals surface area contributed by atoms with Gasteiger partial charge in [-0.1, -0.05) is 44.6 Å². The summed E-state index contributed by atoms with van der Waals surface area (Å²) in [5.41, 5.74) is 3.51. The monoisotopic (exact) mass is 190 g/mol. The van der Waals surface area contributed by atoms with Crippen molar-refractivity contribution in [2.45, 2.75) is 46.5 Å². The summed E-state index contributed by atoms with van der Waals surface area (Å²) in [5, 5.41) is 0.